The van der Waals surface area contributed by atoms with Gasteiger partial charge in [-0.05, 0) is 36.9 Å². The van der Waals surface area contributed by atoms with Crippen LogP contribution in [0.3, 0.4) is 0 Å². The number of aliphatic hydroxyl groups excluding tert-OH is 2. The van der Waals surface area contributed by atoms with Gasteiger partial charge in [0.05, 0.1) is 19.3 Å². The summed E-state index contributed by atoms with van der Waals surface area (Å²) in [5, 5.41) is 19.3. The Morgan fingerprint density at radius 1 is 1.14 bits per heavy atom. The summed E-state index contributed by atoms with van der Waals surface area (Å²) in [6.45, 7) is 3.48. The van der Waals surface area contributed by atoms with Crippen molar-refractivity contribution in [3.8, 4) is 0 Å². The molecular formula is C17H25NO3. The minimum absolute atomic E-state index is 0.0955. The second kappa shape index (κ2) is 6.88. The largest absolute Gasteiger partial charge is 0.393 e. The van der Waals surface area contributed by atoms with Crippen molar-refractivity contribution in [1.82, 2.24) is 4.90 Å². The molecule has 0 radical (unpaired) electrons. The van der Waals surface area contributed by atoms with Gasteiger partial charge in [0.15, 0.2) is 0 Å². The topological polar surface area (TPSA) is 52.9 Å². The van der Waals surface area contributed by atoms with Crippen LogP contribution in [0.15, 0.2) is 24.3 Å². The molecule has 3 unspecified atom stereocenters. The lowest BCUT2D eigenvalue weighted by Gasteiger charge is -2.37. The third-order valence-corrected chi connectivity index (χ3v) is 4.86. The van der Waals surface area contributed by atoms with Gasteiger partial charge in [-0.3, -0.25) is 4.90 Å². The zero-order chi connectivity index (χ0) is 14.7. The van der Waals surface area contributed by atoms with E-state index in [1.165, 1.54) is 12.0 Å². The van der Waals surface area contributed by atoms with Crippen molar-refractivity contribution in [2.45, 2.75) is 44.6 Å². The summed E-state index contributed by atoms with van der Waals surface area (Å²) < 4.78 is 5.58. The number of nitrogens with zero attached hydrogens (tertiary/aromatic N) is 1. The Morgan fingerprint density at radius 2 is 1.90 bits per heavy atom. The lowest BCUT2D eigenvalue weighted by molar-refractivity contribution is -0.0636. The highest BCUT2D eigenvalue weighted by Crippen LogP contribution is 2.30. The first kappa shape index (κ1) is 15.0. The van der Waals surface area contributed by atoms with Gasteiger partial charge >= 0.3 is 0 Å². The second-order valence-corrected chi connectivity index (χ2v) is 6.25. The molecule has 21 heavy (non-hydrogen) atoms. The average molecular weight is 291 g/mol. The summed E-state index contributed by atoms with van der Waals surface area (Å²) in [5.74, 6) is 0.248. The van der Waals surface area contributed by atoms with Crippen LogP contribution in [-0.4, -0.2) is 47.0 Å². The predicted octanol–water partition coefficient (Wildman–Crippen LogP) is 1.54. The predicted molar refractivity (Wildman–Crippen MR) is 80.7 cm³/mol. The summed E-state index contributed by atoms with van der Waals surface area (Å²) >= 11 is 0. The van der Waals surface area contributed by atoms with E-state index in [1.807, 2.05) is 12.1 Å². The van der Waals surface area contributed by atoms with E-state index in [9.17, 15) is 5.11 Å². The Kier molecular flexibility index (Phi) is 4.91. The highest BCUT2D eigenvalue weighted by molar-refractivity contribution is 5.22. The molecule has 0 bridgehead atoms. The minimum Gasteiger partial charge on any atom is -0.393 e. The summed E-state index contributed by atoms with van der Waals surface area (Å²) in [5.41, 5.74) is 2.22. The standard InChI is InChI=1S/C17H25NO3/c19-11-14-5-3-13(4-6-14)10-18-8-1-2-16(18)15-12-21-9-7-17(15)20/h3-6,15-17,19-20H,1-2,7-12H2. The molecule has 2 fully saturated rings. The van der Waals surface area contributed by atoms with E-state index in [2.05, 4.69) is 17.0 Å². The number of benzene rings is 1. The van der Waals surface area contributed by atoms with Crippen molar-refractivity contribution >= 4 is 0 Å². The van der Waals surface area contributed by atoms with Gasteiger partial charge in [0.1, 0.15) is 0 Å². The van der Waals surface area contributed by atoms with Crippen LogP contribution in [0.5, 0.6) is 0 Å². The van der Waals surface area contributed by atoms with E-state index in [-0.39, 0.29) is 18.6 Å². The molecule has 0 spiro atoms. The number of likely N-dealkylation sites (tertiary alicyclic amines) is 1. The number of hydrogen-bond acceptors (Lipinski definition) is 4. The molecule has 4 heteroatoms. The quantitative estimate of drug-likeness (QED) is 0.883. The van der Waals surface area contributed by atoms with Gasteiger partial charge in [0, 0.05) is 25.1 Å². The summed E-state index contributed by atoms with van der Waals surface area (Å²) in [7, 11) is 0. The zero-order valence-electron chi connectivity index (χ0n) is 12.4. The molecule has 2 N–H and O–H groups in total. The third kappa shape index (κ3) is 3.46. The zero-order valence-corrected chi connectivity index (χ0v) is 12.4. The van der Waals surface area contributed by atoms with Crippen LogP contribution in [0.2, 0.25) is 0 Å². The molecule has 2 aliphatic rings. The van der Waals surface area contributed by atoms with Gasteiger partial charge in [-0.15, -0.1) is 0 Å². The van der Waals surface area contributed by atoms with Crippen LogP contribution < -0.4 is 0 Å². The molecule has 2 heterocycles. The van der Waals surface area contributed by atoms with Crippen molar-refractivity contribution in [2.24, 2.45) is 5.92 Å². The summed E-state index contributed by atoms with van der Waals surface area (Å²) in [4.78, 5) is 2.48. The molecule has 0 amide bonds. The van der Waals surface area contributed by atoms with E-state index >= 15 is 0 Å². The van der Waals surface area contributed by atoms with Crippen LogP contribution in [-0.2, 0) is 17.9 Å². The highest BCUT2D eigenvalue weighted by Gasteiger charge is 2.37. The third-order valence-electron chi connectivity index (χ3n) is 4.86. The number of rotatable bonds is 4. The van der Waals surface area contributed by atoms with Gasteiger partial charge in [-0.2, -0.15) is 0 Å². The number of hydrogen-bond donors (Lipinski definition) is 2. The molecule has 2 aliphatic heterocycles. The van der Waals surface area contributed by atoms with Crippen LogP contribution in [0.4, 0.5) is 0 Å². The van der Waals surface area contributed by atoms with Gasteiger partial charge in [0.25, 0.3) is 0 Å². The lowest BCUT2D eigenvalue weighted by atomic mass is 9.89. The molecular weight excluding hydrogens is 266 g/mol. The van der Waals surface area contributed by atoms with Crippen molar-refractivity contribution in [1.29, 1.82) is 0 Å². The maximum Gasteiger partial charge on any atom is 0.0681 e. The first-order valence-corrected chi connectivity index (χ1v) is 7.96. The normalized spacial score (nSPS) is 30.7. The Bertz CT molecular complexity index is 448. The number of ether oxygens (including phenoxy) is 1. The van der Waals surface area contributed by atoms with Gasteiger partial charge in [-0.1, -0.05) is 24.3 Å². The molecule has 0 aliphatic carbocycles. The SMILES string of the molecule is OCc1ccc(CN2CCCC2C2COCCC2O)cc1. The van der Waals surface area contributed by atoms with E-state index in [0.29, 0.717) is 19.3 Å². The van der Waals surface area contributed by atoms with E-state index in [0.717, 1.165) is 31.5 Å². The van der Waals surface area contributed by atoms with Crippen molar-refractivity contribution in [3.05, 3.63) is 35.4 Å². The van der Waals surface area contributed by atoms with Crippen molar-refractivity contribution < 1.29 is 14.9 Å². The lowest BCUT2D eigenvalue weighted by Crippen LogP contribution is -2.45. The molecule has 4 nitrogen and oxygen atoms in total. The second-order valence-electron chi connectivity index (χ2n) is 6.25. The summed E-state index contributed by atoms with van der Waals surface area (Å²) in [6, 6.07) is 8.58. The fourth-order valence-corrected chi connectivity index (χ4v) is 3.63. The minimum atomic E-state index is -0.221. The monoisotopic (exact) mass is 291 g/mol. The summed E-state index contributed by atoms with van der Waals surface area (Å²) in [6.07, 6.45) is 2.89. The molecule has 0 saturated carbocycles. The van der Waals surface area contributed by atoms with Gasteiger partial charge < -0.3 is 14.9 Å². The Hall–Kier alpha value is -0.940. The van der Waals surface area contributed by atoms with E-state index in [4.69, 9.17) is 9.84 Å². The maximum absolute atomic E-state index is 10.2. The van der Waals surface area contributed by atoms with E-state index in [1.54, 1.807) is 0 Å². The smallest absolute Gasteiger partial charge is 0.0681 e. The van der Waals surface area contributed by atoms with Crippen LogP contribution in [0.25, 0.3) is 0 Å². The Labute approximate surface area is 126 Å². The van der Waals surface area contributed by atoms with Crippen LogP contribution in [0, 0.1) is 5.92 Å². The molecule has 1 aromatic rings. The first-order chi connectivity index (χ1) is 10.3. The molecule has 116 valence electrons. The van der Waals surface area contributed by atoms with Crippen molar-refractivity contribution in [3.63, 3.8) is 0 Å². The number of aliphatic hydroxyl groups is 2. The molecule has 0 aromatic heterocycles. The molecule has 3 atom stereocenters. The Morgan fingerprint density at radius 3 is 2.62 bits per heavy atom. The fourth-order valence-electron chi connectivity index (χ4n) is 3.63. The van der Waals surface area contributed by atoms with Gasteiger partial charge in [0.2, 0.25) is 0 Å². The average Bonchev–Trinajstić information content (AvgIpc) is 2.96. The van der Waals surface area contributed by atoms with Crippen LogP contribution in [0.1, 0.15) is 30.4 Å². The fraction of sp³-hybridized carbons (Fsp3) is 0.647. The Balaban J connectivity index is 1.65. The molecule has 3 rings (SSSR count). The molecule has 1 aromatic carbocycles. The van der Waals surface area contributed by atoms with Crippen molar-refractivity contribution in [2.75, 3.05) is 19.8 Å². The maximum atomic E-state index is 10.2. The first-order valence-electron chi connectivity index (χ1n) is 7.96. The van der Waals surface area contributed by atoms with E-state index < -0.39 is 0 Å². The van der Waals surface area contributed by atoms with Crippen LogP contribution >= 0.6 is 0 Å². The molecule has 2 saturated heterocycles. The highest BCUT2D eigenvalue weighted by atomic mass is 16.5. The van der Waals surface area contributed by atoms with Gasteiger partial charge in [-0.25, -0.2) is 0 Å².